The summed E-state index contributed by atoms with van der Waals surface area (Å²) >= 11 is 0. The zero-order chi connectivity index (χ0) is 14.1. The second kappa shape index (κ2) is 8.55. The summed E-state index contributed by atoms with van der Waals surface area (Å²) < 4.78 is 5.66. The molecule has 1 aromatic rings. The van der Waals surface area contributed by atoms with Crippen LogP contribution in [0.15, 0.2) is 24.3 Å². The molecule has 0 amide bonds. The summed E-state index contributed by atoms with van der Waals surface area (Å²) in [5.41, 5.74) is 0.645. The molecular weight excluding hydrogens is 236 g/mol. The Morgan fingerprint density at radius 2 is 2.21 bits per heavy atom. The standard InChI is InChI=1S/C16H24N2O/c1-4-7-14(2)18(3)10-6-11-19-16-9-5-8-15(12-16)13-17/h5,8-9,12,14H,4,6-7,10-11H2,1-3H3. The van der Waals surface area contributed by atoms with Gasteiger partial charge in [0.2, 0.25) is 0 Å². The van der Waals surface area contributed by atoms with Gasteiger partial charge in [-0.3, -0.25) is 0 Å². The van der Waals surface area contributed by atoms with Gasteiger partial charge in [-0.05, 0) is 45.0 Å². The Bertz CT molecular complexity index is 411. The van der Waals surface area contributed by atoms with Crippen molar-refractivity contribution in [1.29, 1.82) is 5.26 Å². The summed E-state index contributed by atoms with van der Waals surface area (Å²) in [6.45, 7) is 6.22. The van der Waals surface area contributed by atoms with Gasteiger partial charge in [0.05, 0.1) is 18.2 Å². The SMILES string of the molecule is CCCC(C)N(C)CCCOc1cccc(C#N)c1. The molecule has 0 radical (unpaired) electrons. The Kier molecular flexibility index (Phi) is 6.99. The fourth-order valence-electron chi connectivity index (χ4n) is 2.02. The average molecular weight is 260 g/mol. The molecule has 0 aliphatic rings. The van der Waals surface area contributed by atoms with Crippen LogP contribution in [0.5, 0.6) is 5.75 Å². The van der Waals surface area contributed by atoms with Crippen molar-refractivity contribution >= 4 is 0 Å². The van der Waals surface area contributed by atoms with Crippen LogP contribution >= 0.6 is 0 Å². The molecule has 1 rings (SSSR count). The van der Waals surface area contributed by atoms with Crippen LogP contribution in [0.1, 0.15) is 38.7 Å². The lowest BCUT2D eigenvalue weighted by Gasteiger charge is -2.24. The van der Waals surface area contributed by atoms with Gasteiger partial charge in [0, 0.05) is 12.6 Å². The molecule has 0 heterocycles. The Morgan fingerprint density at radius 3 is 2.89 bits per heavy atom. The van der Waals surface area contributed by atoms with Gasteiger partial charge in [0.15, 0.2) is 0 Å². The fourth-order valence-corrected chi connectivity index (χ4v) is 2.02. The smallest absolute Gasteiger partial charge is 0.120 e. The lowest BCUT2D eigenvalue weighted by Crippen LogP contribution is -2.30. The van der Waals surface area contributed by atoms with E-state index >= 15 is 0 Å². The van der Waals surface area contributed by atoms with E-state index < -0.39 is 0 Å². The molecule has 19 heavy (non-hydrogen) atoms. The van der Waals surface area contributed by atoms with E-state index in [1.54, 1.807) is 12.1 Å². The first kappa shape index (κ1) is 15.5. The summed E-state index contributed by atoms with van der Waals surface area (Å²) in [7, 11) is 2.16. The minimum absolute atomic E-state index is 0.631. The lowest BCUT2D eigenvalue weighted by molar-refractivity contribution is 0.216. The maximum Gasteiger partial charge on any atom is 0.120 e. The maximum absolute atomic E-state index is 8.81. The monoisotopic (exact) mass is 260 g/mol. The molecule has 0 saturated carbocycles. The minimum Gasteiger partial charge on any atom is -0.494 e. The third kappa shape index (κ3) is 5.76. The molecule has 1 aromatic carbocycles. The Labute approximate surface area is 116 Å². The van der Waals surface area contributed by atoms with Crippen LogP contribution in [-0.4, -0.2) is 31.1 Å². The van der Waals surface area contributed by atoms with E-state index in [4.69, 9.17) is 10.00 Å². The zero-order valence-electron chi connectivity index (χ0n) is 12.2. The number of ether oxygens (including phenoxy) is 1. The molecule has 0 fully saturated rings. The van der Waals surface area contributed by atoms with Crippen LogP contribution in [-0.2, 0) is 0 Å². The normalized spacial score (nSPS) is 12.2. The van der Waals surface area contributed by atoms with Crippen LogP contribution in [0, 0.1) is 11.3 Å². The van der Waals surface area contributed by atoms with Crippen molar-refractivity contribution in [2.24, 2.45) is 0 Å². The van der Waals surface area contributed by atoms with Crippen LogP contribution < -0.4 is 4.74 Å². The highest BCUT2D eigenvalue weighted by Crippen LogP contribution is 2.13. The maximum atomic E-state index is 8.81. The molecule has 0 aromatic heterocycles. The summed E-state index contributed by atoms with van der Waals surface area (Å²) in [5, 5.41) is 8.81. The van der Waals surface area contributed by atoms with Gasteiger partial charge in [-0.15, -0.1) is 0 Å². The minimum atomic E-state index is 0.631. The molecular formula is C16H24N2O. The molecule has 3 nitrogen and oxygen atoms in total. The van der Waals surface area contributed by atoms with Crippen molar-refractivity contribution in [3.05, 3.63) is 29.8 Å². The number of hydrogen-bond acceptors (Lipinski definition) is 3. The number of nitrogens with zero attached hydrogens (tertiary/aromatic N) is 2. The highest BCUT2D eigenvalue weighted by atomic mass is 16.5. The van der Waals surface area contributed by atoms with Gasteiger partial charge in [-0.1, -0.05) is 19.4 Å². The van der Waals surface area contributed by atoms with Crippen molar-refractivity contribution in [2.75, 3.05) is 20.2 Å². The van der Waals surface area contributed by atoms with Crippen LogP contribution in [0.25, 0.3) is 0 Å². The Hall–Kier alpha value is -1.53. The van der Waals surface area contributed by atoms with E-state index in [1.165, 1.54) is 12.8 Å². The average Bonchev–Trinajstić information content (AvgIpc) is 2.43. The van der Waals surface area contributed by atoms with E-state index in [-0.39, 0.29) is 0 Å². The van der Waals surface area contributed by atoms with Gasteiger partial charge in [-0.25, -0.2) is 0 Å². The first-order valence-corrected chi connectivity index (χ1v) is 7.00. The third-order valence-electron chi connectivity index (χ3n) is 3.35. The lowest BCUT2D eigenvalue weighted by atomic mass is 10.2. The summed E-state index contributed by atoms with van der Waals surface area (Å²) in [4.78, 5) is 2.37. The van der Waals surface area contributed by atoms with Crippen molar-refractivity contribution < 1.29 is 4.74 Å². The summed E-state index contributed by atoms with van der Waals surface area (Å²) in [5.74, 6) is 0.781. The van der Waals surface area contributed by atoms with Crippen molar-refractivity contribution in [3.8, 4) is 11.8 Å². The van der Waals surface area contributed by atoms with Gasteiger partial charge < -0.3 is 9.64 Å². The second-order valence-electron chi connectivity index (χ2n) is 4.96. The predicted molar refractivity (Wildman–Crippen MR) is 78.3 cm³/mol. The molecule has 0 N–H and O–H groups in total. The molecule has 0 aliphatic carbocycles. The number of rotatable bonds is 8. The zero-order valence-corrected chi connectivity index (χ0v) is 12.2. The van der Waals surface area contributed by atoms with Crippen LogP contribution in [0.3, 0.4) is 0 Å². The predicted octanol–water partition coefficient (Wildman–Crippen LogP) is 3.45. The third-order valence-corrected chi connectivity index (χ3v) is 3.35. The first-order valence-electron chi connectivity index (χ1n) is 7.00. The fraction of sp³-hybridized carbons (Fsp3) is 0.562. The molecule has 104 valence electrons. The van der Waals surface area contributed by atoms with Gasteiger partial charge in [-0.2, -0.15) is 5.26 Å². The van der Waals surface area contributed by atoms with E-state index in [1.807, 2.05) is 12.1 Å². The molecule has 0 aliphatic heterocycles. The van der Waals surface area contributed by atoms with E-state index in [2.05, 4.69) is 31.9 Å². The Balaban J connectivity index is 2.25. The Morgan fingerprint density at radius 1 is 1.42 bits per heavy atom. The second-order valence-corrected chi connectivity index (χ2v) is 4.96. The number of nitriles is 1. The van der Waals surface area contributed by atoms with E-state index in [0.717, 1.165) is 18.7 Å². The van der Waals surface area contributed by atoms with E-state index in [0.29, 0.717) is 18.2 Å². The molecule has 1 unspecified atom stereocenters. The first-order chi connectivity index (χ1) is 9.17. The van der Waals surface area contributed by atoms with Gasteiger partial charge >= 0.3 is 0 Å². The van der Waals surface area contributed by atoms with Crippen molar-refractivity contribution in [2.45, 2.75) is 39.2 Å². The highest BCUT2D eigenvalue weighted by Gasteiger charge is 2.07. The van der Waals surface area contributed by atoms with Gasteiger partial charge in [0.1, 0.15) is 5.75 Å². The quantitative estimate of drug-likeness (QED) is 0.672. The topological polar surface area (TPSA) is 36.3 Å². The molecule has 3 heteroatoms. The number of benzene rings is 1. The summed E-state index contributed by atoms with van der Waals surface area (Å²) in [6.07, 6.45) is 3.46. The van der Waals surface area contributed by atoms with Crippen molar-refractivity contribution in [3.63, 3.8) is 0 Å². The molecule has 0 spiro atoms. The number of hydrogen-bond donors (Lipinski definition) is 0. The molecule has 0 bridgehead atoms. The van der Waals surface area contributed by atoms with Crippen molar-refractivity contribution in [1.82, 2.24) is 4.90 Å². The van der Waals surface area contributed by atoms with Crippen LogP contribution in [0.2, 0.25) is 0 Å². The summed E-state index contributed by atoms with van der Waals surface area (Å²) in [6, 6.07) is 10.1. The van der Waals surface area contributed by atoms with Crippen LogP contribution in [0.4, 0.5) is 0 Å². The largest absolute Gasteiger partial charge is 0.494 e. The van der Waals surface area contributed by atoms with Gasteiger partial charge in [0.25, 0.3) is 0 Å². The molecule has 1 atom stereocenters. The van der Waals surface area contributed by atoms with E-state index in [9.17, 15) is 0 Å². The highest BCUT2D eigenvalue weighted by molar-refractivity contribution is 5.36. The molecule has 0 saturated heterocycles.